The Kier molecular flexibility index (Phi) is 4.18. The monoisotopic (exact) mass is 251 g/mol. The molecule has 0 unspecified atom stereocenters. The molecule has 0 spiro atoms. The molecule has 0 radical (unpaired) electrons. The average molecular weight is 252 g/mol. The number of halogens is 1. The lowest BCUT2D eigenvalue weighted by molar-refractivity contribution is 0.180. The first-order valence-corrected chi connectivity index (χ1v) is 6.11. The van der Waals surface area contributed by atoms with E-state index in [9.17, 15) is 4.79 Å². The van der Waals surface area contributed by atoms with Crippen molar-refractivity contribution in [1.29, 1.82) is 0 Å². The van der Waals surface area contributed by atoms with Gasteiger partial charge in [-0.25, -0.2) is 9.79 Å². The predicted octanol–water partition coefficient (Wildman–Crippen LogP) is 3.35. The van der Waals surface area contributed by atoms with Crippen LogP contribution >= 0.6 is 11.6 Å². The molecular weight excluding hydrogens is 238 g/mol. The summed E-state index contributed by atoms with van der Waals surface area (Å²) in [5.41, 5.74) is 0.865. The van der Waals surface area contributed by atoms with Crippen molar-refractivity contribution < 1.29 is 9.53 Å². The molecule has 3 nitrogen and oxygen atoms in total. The zero-order valence-corrected chi connectivity index (χ0v) is 10.2. The molecule has 90 valence electrons. The Bertz CT molecular complexity index is 437. The van der Waals surface area contributed by atoms with Gasteiger partial charge in [0.2, 0.25) is 6.08 Å². The molecule has 0 aliphatic heterocycles. The van der Waals surface area contributed by atoms with Gasteiger partial charge in [-0.1, -0.05) is 18.0 Å². The van der Waals surface area contributed by atoms with Crippen LogP contribution in [0.25, 0.3) is 0 Å². The summed E-state index contributed by atoms with van der Waals surface area (Å²) < 4.78 is 5.69. The van der Waals surface area contributed by atoms with Gasteiger partial charge < -0.3 is 4.74 Å². The molecule has 1 aliphatic carbocycles. The third-order valence-electron chi connectivity index (χ3n) is 2.97. The SMILES string of the molecule is O=C=NCc1cc(Cl)cc(OCC2CCC2)c1. The smallest absolute Gasteiger partial charge is 0.235 e. The molecule has 1 aliphatic rings. The Hall–Kier alpha value is -1.31. The first kappa shape index (κ1) is 12.2. The number of hydrogen-bond donors (Lipinski definition) is 0. The van der Waals surface area contributed by atoms with Crippen molar-refractivity contribution >= 4 is 17.7 Å². The van der Waals surface area contributed by atoms with Crippen molar-refractivity contribution in [3.63, 3.8) is 0 Å². The topological polar surface area (TPSA) is 38.7 Å². The molecule has 0 atom stereocenters. The standard InChI is InChI=1S/C13H14ClNO2/c14-12-4-11(7-15-9-16)5-13(6-12)17-8-10-2-1-3-10/h4-6,10H,1-3,7-8H2. The zero-order valence-electron chi connectivity index (χ0n) is 9.49. The largest absolute Gasteiger partial charge is 0.493 e. The van der Waals surface area contributed by atoms with Gasteiger partial charge in [0.05, 0.1) is 13.2 Å². The molecule has 1 saturated carbocycles. The Morgan fingerprint density at radius 3 is 2.88 bits per heavy atom. The number of rotatable bonds is 5. The van der Waals surface area contributed by atoms with Crippen LogP contribution in [0.2, 0.25) is 5.02 Å². The van der Waals surface area contributed by atoms with Crippen molar-refractivity contribution in [1.82, 2.24) is 0 Å². The van der Waals surface area contributed by atoms with E-state index in [0.717, 1.165) is 17.9 Å². The number of isocyanates is 1. The Balaban J connectivity index is 1.99. The zero-order chi connectivity index (χ0) is 12.1. The summed E-state index contributed by atoms with van der Waals surface area (Å²) in [6.07, 6.45) is 5.33. The number of hydrogen-bond acceptors (Lipinski definition) is 3. The van der Waals surface area contributed by atoms with E-state index in [0.29, 0.717) is 17.5 Å². The average Bonchev–Trinajstić information content (AvgIpc) is 2.23. The van der Waals surface area contributed by atoms with Crippen LogP contribution in [0.1, 0.15) is 24.8 Å². The third-order valence-corrected chi connectivity index (χ3v) is 3.19. The van der Waals surface area contributed by atoms with Crippen molar-refractivity contribution in [2.75, 3.05) is 6.61 Å². The summed E-state index contributed by atoms with van der Waals surface area (Å²) in [6.45, 7) is 1.04. The lowest BCUT2D eigenvalue weighted by Crippen LogP contribution is -2.19. The highest BCUT2D eigenvalue weighted by Crippen LogP contribution is 2.28. The molecule has 4 heteroatoms. The fraction of sp³-hybridized carbons (Fsp3) is 0.462. The fourth-order valence-corrected chi connectivity index (χ4v) is 2.04. The van der Waals surface area contributed by atoms with Gasteiger partial charge >= 0.3 is 0 Å². The Labute approximate surface area is 105 Å². The predicted molar refractivity (Wildman–Crippen MR) is 66.1 cm³/mol. The molecule has 0 saturated heterocycles. The van der Waals surface area contributed by atoms with E-state index in [1.54, 1.807) is 12.1 Å². The lowest BCUT2D eigenvalue weighted by atomic mass is 9.86. The maximum absolute atomic E-state index is 10.1. The summed E-state index contributed by atoms with van der Waals surface area (Å²) in [5.74, 6) is 1.44. The van der Waals surface area contributed by atoms with Gasteiger partial charge in [0.15, 0.2) is 0 Å². The molecular formula is C13H14ClNO2. The van der Waals surface area contributed by atoms with Crippen LogP contribution in [-0.2, 0) is 11.3 Å². The highest BCUT2D eigenvalue weighted by molar-refractivity contribution is 6.30. The van der Waals surface area contributed by atoms with E-state index in [-0.39, 0.29) is 0 Å². The number of nitrogens with zero attached hydrogens (tertiary/aromatic N) is 1. The molecule has 0 amide bonds. The van der Waals surface area contributed by atoms with E-state index < -0.39 is 0 Å². The molecule has 1 aromatic carbocycles. The summed E-state index contributed by atoms with van der Waals surface area (Å²) in [4.78, 5) is 13.6. The van der Waals surface area contributed by atoms with Gasteiger partial charge in [-0.2, -0.15) is 0 Å². The van der Waals surface area contributed by atoms with E-state index in [2.05, 4.69) is 4.99 Å². The van der Waals surface area contributed by atoms with E-state index in [4.69, 9.17) is 16.3 Å². The molecule has 1 aromatic rings. The first-order valence-electron chi connectivity index (χ1n) is 5.74. The van der Waals surface area contributed by atoms with Gasteiger partial charge in [-0.05, 0) is 42.5 Å². The van der Waals surface area contributed by atoms with Crippen LogP contribution in [0.15, 0.2) is 23.2 Å². The van der Waals surface area contributed by atoms with Crippen molar-refractivity contribution in [2.45, 2.75) is 25.8 Å². The molecule has 1 fully saturated rings. The third kappa shape index (κ3) is 3.58. The highest BCUT2D eigenvalue weighted by atomic mass is 35.5. The summed E-state index contributed by atoms with van der Waals surface area (Å²) in [5, 5.41) is 0.604. The van der Waals surface area contributed by atoms with Crippen molar-refractivity contribution in [3.8, 4) is 5.75 Å². The number of carbonyl (C=O) groups excluding carboxylic acids is 1. The van der Waals surface area contributed by atoms with Crippen LogP contribution in [0, 0.1) is 5.92 Å². The summed E-state index contributed by atoms with van der Waals surface area (Å²) in [7, 11) is 0. The van der Waals surface area contributed by atoms with Gasteiger partial charge in [-0.3, -0.25) is 0 Å². The second kappa shape index (κ2) is 5.85. The second-order valence-electron chi connectivity index (χ2n) is 4.31. The minimum atomic E-state index is 0.295. The first-order chi connectivity index (χ1) is 8.28. The summed E-state index contributed by atoms with van der Waals surface area (Å²) in [6, 6.07) is 5.43. The van der Waals surface area contributed by atoms with Gasteiger partial charge in [0.1, 0.15) is 5.75 Å². The number of aliphatic imine (C=N–C) groups is 1. The number of benzene rings is 1. The van der Waals surface area contributed by atoms with Crippen LogP contribution in [-0.4, -0.2) is 12.7 Å². The molecule has 0 heterocycles. The molecule has 17 heavy (non-hydrogen) atoms. The van der Waals surface area contributed by atoms with Crippen LogP contribution in [0.4, 0.5) is 0 Å². The quantitative estimate of drug-likeness (QED) is 0.595. The number of ether oxygens (including phenoxy) is 1. The van der Waals surface area contributed by atoms with Crippen molar-refractivity contribution in [3.05, 3.63) is 28.8 Å². The fourth-order valence-electron chi connectivity index (χ4n) is 1.79. The summed E-state index contributed by atoms with van der Waals surface area (Å²) >= 11 is 5.97. The normalized spacial score (nSPS) is 14.9. The van der Waals surface area contributed by atoms with Crippen LogP contribution in [0.5, 0.6) is 5.75 Å². The van der Waals surface area contributed by atoms with Gasteiger partial charge in [0.25, 0.3) is 0 Å². The second-order valence-corrected chi connectivity index (χ2v) is 4.75. The van der Waals surface area contributed by atoms with E-state index >= 15 is 0 Å². The van der Waals surface area contributed by atoms with Crippen LogP contribution in [0.3, 0.4) is 0 Å². The Morgan fingerprint density at radius 2 is 2.24 bits per heavy atom. The van der Waals surface area contributed by atoms with Crippen LogP contribution < -0.4 is 4.74 Å². The molecule has 0 bridgehead atoms. The highest BCUT2D eigenvalue weighted by Gasteiger charge is 2.17. The van der Waals surface area contributed by atoms with Gasteiger partial charge in [-0.15, -0.1) is 0 Å². The van der Waals surface area contributed by atoms with Gasteiger partial charge in [0, 0.05) is 5.02 Å². The van der Waals surface area contributed by atoms with E-state index in [1.807, 2.05) is 6.07 Å². The van der Waals surface area contributed by atoms with E-state index in [1.165, 1.54) is 25.3 Å². The molecule has 0 aromatic heterocycles. The molecule has 2 rings (SSSR count). The molecule has 0 N–H and O–H groups in total. The Morgan fingerprint density at radius 1 is 1.41 bits per heavy atom. The maximum atomic E-state index is 10.1. The van der Waals surface area contributed by atoms with Crippen molar-refractivity contribution in [2.24, 2.45) is 10.9 Å². The maximum Gasteiger partial charge on any atom is 0.235 e. The minimum Gasteiger partial charge on any atom is -0.493 e. The lowest BCUT2D eigenvalue weighted by Gasteiger charge is -2.25. The minimum absolute atomic E-state index is 0.295.